The van der Waals surface area contributed by atoms with Crippen molar-refractivity contribution in [1.82, 2.24) is 0 Å². The lowest BCUT2D eigenvalue weighted by atomic mass is 10.1. The summed E-state index contributed by atoms with van der Waals surface area (Å²) in [6.07, 6.45) is 1.75. The predicted molar refractivity (Wildman–Crippen MR) is 95.0 cm³/mol. The number of thioether (sulfide) groups is 1. The number of nitrogens with zero attached hydrogens (tertiary/aromatic N) is 1. The van der Waals surface area contributed by atoms with Crippen LogP contribution in [0.15, 0.2) is 39.7 Å². The number of anilines is 1. The number of furan rings is 1. The molecule has 0 bridgehead atoms. The van der Waals surface area contributed by atoms with E-state index in [-0.39, 0.29) is 5.91 Å². The Kier molecular flexibility index (Phi) is 3.93. The van der Waals surface area contributed by atoms with Gasteiger partial charge in [0.1, 0.15) is 11.5 Å². The Hall–Kier alpha value is -1.85. The van der Waals surface area contributed by atoms with Gasteiger partial charge in [0.05, 0.1) is 10.6 Å². The first-order valence-electron chi connectivity index (χ1n) is 6.88. The van der Waals surface area contributed by atoms with Crippen LogP contribution in [-0.2, 0) is 4.79 Å². The molecule has 0 unspecified atom stereocenters. The van der Waals surface area contributed by atoms with E-state index in [1.54, 1.807) is 11.0 Å². The Balaban J connectivity index is 1.98. The van der Waals surface area contributed by atoms with Gasteiger partial charge in [0.25, 0.3) is 5.91 Å². The molecule has 1 aliphatic heterocycles. The third-order valence-electron chi connectivity index (χ3n) is 3.65. The van der Waals surface area contributed by atoms with E-state index in [2.05, 4.69) is 0 Å². The summed E-state index contributed by atoms with van der Waals surface area (Å²) in [4.78, 5) is 14.9. The number of carbonyl (C=O) groups excluding carboxylic acids is 1. The molecule has 3 nitrogen and oxygen atoms in total. The van der Waals surface area contributed by atoms with Crippen LogP contribution >= 0.6 is 24.0 Å². The van der Waals surface area contributed by atoms with E-state index < -0.39 is 0 Å². The summed E-state index contributed by atoms with van der Waals surface area (Å²) in [6, 6.07) is 9.61. The van der Waals surface area contributed by atoms with Crippen molar-refractivity contribution in [1.29, 1.82) is 0 Å². The zero-order valence-electron chi connectivity index (χ0n) is 12.5. The molecule has 3 rings (SSSR count). The average molecular weight is 329 g/mol. The first-order chi connectivity index (χ1) is 10.5. The van der Waals surface area contributed by atoms with Crippen molar-refractivity contribution in [2.24, 2.45) is 0 Å². The molecule has 5 heteroatoms. The number of benzene rings is 1. The molecule has 1 aromatic carbocycles. The molecule has 0 aliphatic carbocycles. The van der Waals surface area contributed by atoms with Gasteiger partial charge in [0.15, 0.2) is 4.32 Å². The minimum atomic E-state index is -0.0993. The van der Waals surface area contributed by atoms with E-state index in [0.717, 1.165) is 22.6 Å². The van der Waals surface area contributed by atoms with Gasteiger partial charge in [-0.3, -0.25) is 9.69 Å². The molecule has 0 radical (unpaired) electrons. The Morgan fingerprint density at radius 2 is 1.95 bits per heavy atom. The highest BCUT2D eigenvalue weighted by molar-refractivity contribution is 8.27. The largest absolute Gasteiger partial charge is 0.462 e. The molecule has 2 aromatic rings. The predicted octanol–water partition coefficient (Wildman–Crippen LogP) is 4.61. The van der Waals surface area contributed by atoms with Crippen LogP contribution in [0.25, 0.3) is 6.08 Å². The molecule has 1 fully saturated rings. The van der Waals surface area contributed by atoms with Gasteiger partial charge in [0.2, 0.25) is 0 Å². The van der Waals surface area contributed by atoms with Gasteiger partial charge in [-0.2, -0.15) is 0 Å². The maximum absolute atomic E-state index is 12.7. The number of carbonyl (C=O) groups is 1. The normalized spacial score (nSPS) is 16.9. The van der Waals surface area contributed by atoms with Gasteiger partial charge in [-0.25, -0.2) is 0 Å². The Labute approximate surface area is 139 Å². The quantitative estimate of drug-likeness (QED) is 0.595. The first kappa shape index (κ1) is 15.1. The standard InChI is InChI=1S/C17H15NO2S2/c1-10-5-4-6-14(12(10)3)18-16(19)15(22-17(18)21)9-13-8-7-11(2)20-13/h4-9H,1-3H3. The van der Waals surface area contributed by atoms with E-state index in [0.29, 0.717) is 15.0 Å². The Bertz CT molecular complexity index is 805. The van der Waals surface area contributed by atoms with Crippen molar-refractivity contribution < 1.29 is 9.21 Å². The summed E-state index contributed by atoms with van der Waals surface area (Å²) in [6.45, 7) is 5.90. The van der Waals surface area contributed by atoms with Gasteiger partial charge >= 0.3 is 0 Å². The average Bonchev–Trinajstić information content (AvgIpc) is 2.99. The number of aryl methyl sites for hydroxylation is 2. The second kappa shape index (κ2) is 5.74. The van der Waals surface area contributed by atoms with E-state index in [4.69, 9.17) is 16.6 Å². The van der Waals surface area contributed by atoms with E-state index in [1.165, 1.54) is 11.8 Å². The molecule has 2 heterocycles. The minimum Gasteiger partial charge on any atom is -0.462 e. The molecule has 0 N–H and O–H groups in total. The van der Waals surface area contributed by atoms with E-state index in [9.17, 15) is 4.79 Å². The SMILES string of the molecule is Cc1ccc(C=C2SC(=S)N(c3cccc(C)c3C)C2=O)o1. The maximum atomic E-state index is 12.7. The smallest absolute Gasteiger partial charge is 0.270 e. The van der Waals surface area contributed by atoms with E-state index >= 15 is 0 Å². The van der Waals surface area contributed by atoms with Crippen molar-refractivity contribution in [3.63, 3.8) is 0 Å². The van der Waals surface area contributed by atoms with Crippen LogP contribution in [0.3, 0.4) is 0 Å². The number of amides is 1. The van der Waals surface area contributed by atoms with E-state index in [1.807, 2.05) is 51.1 Å². The lowest BCUT2D eigenvalue weighted by Gasteiger charge is -2.18. The second-order valence-electron chi connectivity index (χ2n) is 5.18. The number of thiocarbonyl (C=S) groups is 1. The zero-order chi connectivity index (χ0) is 15.9. The highest BCUT2D eigenvalue weighted by atomic mass is 32.2. The molecular formula is C17H15NO2S2. The van der Waals surface area contributed by atoms with Crippen LogP contribution in [0.2, 0.25) is 0 Å². The van der Waals surface area contributed by atoms with Crippen molar-refractivity contribution in [3.8, 4) is 0 Å². The molecule has 1 aliphatic rings. The molecule has 112 valence electrons. The minimum absolute atomic E-state index is 0.0993. The highest BCUT2D eigenvalue weighted by Gasteiger charge is 2.34. The van der Waals surface area contributed by atoms with Gasteiger partial charge in [-0.1, -0.05) is 36.1 Å². The van der Waals surface area contributed by atoms with Gasteiger partial charge in [-0.05, 0) is 50.1 Å². The number of rotatable bonds is 2. The lowest BCUT2D eigenvalue weighted by Crippen LogP contribution is -2.28. The van der Waals surface area contributed by atoms with Crippen LogP contribution < -0.4 is 4.90 Å². The maximum Gasteiger partial charge on any atom is 0.270 e. The fourth-order valence-corrected chi connectivity index (χ4v) is 3.58. The molecule has 0 spiro atoms. The molecule has 1 amide bonds. The molecule has 0 saturated carbocycles. The summed E-state index contributed by atoms with van der Waals surface area (Å²) in [5, 5.41) is 0. The van der Waals surface area contributed by atoms with Crippen LogP contribution in [-0.4, -0.2) is 10.2 Å². The first-order valence-corrected chi connectivity index (χ1v) is 8.10. The van der Waals surface area contributed by atoms with Crippen LogP contribution in [0.4, 0.5) is 5.69 Å². The fraction of sp³-hybridized carbons (Fsp3) is 0.176. The summed E-state index contributed by atoms with van der Waals surface area (Å²) in [5.41, 5.74) is 3.05. The molecule has 1 aromatic heterocycles. The molecule has 22 heavy (non-hydrogen) atoms. The van der Waals surface area contributed by atoms with Crippen molar-refractivity contribution in [2.75, 3.05) is 4.90 Å². The number of hydrogen-bond acceptors (Lipinski definition) is 4. The summed E-state index contributed by atoms with van der Waals surface area (Å²) in [7, 11) is 0. The topological polar surface area (TPSA) is 33.5 Å². The Morgan fingerprint density at radius 1 is 1.18 bits per heavy atom. The van der Waals surface area contributed by atoms with Gasteiger partial charge < -0.3 is 4.42 Å². The summed E-state index contributed by atoms with van der Waals surface area (Å²) >= 11 is 6.70. The summed E-state index contributed by atoms with van der Waals surface area (Å²) < 4.78 is 6.06. The zero-order valence-corrected chi connectivity index (χ0v) is 14.2. The Morgan fingerprint density at radius 3 is 2.64 bits per heavy atom. The molecule has 0 atom stereocenters. The van der Waals surface area contributed by atoms with Crippen molar-refractivity contribution in [3.05, 3.63) is 57.9 Å². The second-order valence-corrected chi connectivity index (χ2v) is 6.86. The fourth-order valence-electron chi connectivity index (χ4n) is 2.31. The van der Waals surface area contributed by atoms with Crippen LogP contribution in [0.1, 0.15) is 22.6 Å². The molecular weight excluding hydrogens is 314 g/mol. The summed E-state index contributed by atoms with van der Waals surface area (Å²) in [5.74, 6) is 1.38. The lowest BCUT2D eigenvalue weighted by molar-refractivity contribution is -0.113. The highest BCUT2D eigenvalue weighted by Crippen LogP contribution is 2.37. The van der Waals surface area contributed by atoms with Gasteiger partial charge in [-0.15, -0.1) is 0 Å². The van der Waals surface area contributed by atoms with Crippen LogP contribution in [0, 0.1) is 20.8 Å². The van der Waals surface area contributed by atoms with Crippen LogP contribution in [0.5, 0.6) is 0 Å². The van der Waals surface area contributed by atoms with Crippen molar-refractivity contribution >= 4 is 46.0 Å². The van der Waals surface area contributed by atoms with Crippen molar-refractivity contribution in [2.45, 2.75) is 20.8 Å². The van der Waals surface area contributed by atoms with Gasteiger partial charge in [0, 0.05) is 6.08 Å². The molecule has 1 saturated heterocycles. The third-order valence-corrected chi connectivity index (χ3v) is 4.95. The number of hydrogen-bond donors (Lipinski definition) is 0. The third kappa shape index (κ3) is 2.62. The monoisotopic (exact) mass is 329 g/mol.